The number of amides is 1. The number of cyclic esters (lactones) is 1. The van der Waals surface area contributed by atoms with E-state index in [-0.39, 0.29) is 25.7 Å². The molecule has 12 nitrogen and oxygen atoms in total. The van der Waals surface area contributed by atoms with Crippen molar-refractivity contribution >= 4 is 18.0 Å². The topological polar surface area (TPSA) is 128 Å². The van der Waals surface area contributed by atoms with Gasteiger partial charge < -0.3 is 37.9 Å². The van der Waals surface area contributed by atoms with Crippen LogP contribution in [0.1, 0.15) is 102 Å². The highest BCUT2D eigenvalue weighted by Crippen LogP contribution is 2.57. The number of methoxy groups -OCH3 is 3. The van der Waals surface area contributed by atoms with Crippen molar-refractivity contribution in [2.24, 2.45) is 23.7 Å². The fourth-order valence-corrected chi connectivity index (χ4v) is 9.55. The van der Waals surface area contributed by atoms with Crippen LogP contribution in [-0.4, -0.2) is 74.8 Å². The molecule has 12 heteroatoms. The molecule has 2 aliphatic heterocycles. The summed E-state index contributed by atoms with van der Waals surface area (Å²) in [6, 6.07) is 16.0. The van der Waals surface area contributed by atoms with E-state index in [0.717, 1.165) is 24.0 Å². The summed E-state index contributed by atoms with van der Waals surface area (Å²) in [5.74, 6) is -0.167. The molecule has 0 spiro atoms. The summed E-state index contributed by atoms with van der Waals surface area (Å²) >= 11 is 0. The molecule has 7 rings (SSSR count). The molecule has 3 aromatic carbocycles. The second kappa shape index (κ2) is 16.3. The monoisotopic (exact) mass is 799 g/mol. The van der Waals surface area contributed by atoms with Gasteiger partial charge in [0, 0.05) is 29.4 Å². The van der Waals surface area contributed by atoms with Gasteiger partial charge in [0.05, 0.1) is 33.9 Å². The predicted molar refractivity (Wildman–Crippen MR) is 214 cm³/mol. The fourth-order valence-electron chi connectivity index (χ4n) is 9.55. The zero-order valence-electron chi connectivity index (χ0n) is 35.1. The Bertz CT molecular complexity index is 1970. The van der Waals surface area contributed by atoms with E-state index in [1.807, 2.05) is 75.4 Å². The van der Waals surface area contributed by atoms with Crippen molar-refractivity contribution in [3.05, 3.63) is 76.9 Å². The number of rotatable bonds is 11. The lowest BCUT2D eigenvalue weighted by Crippen LogP contribution is -2.64. The maximum absolute atomic E-state index is 15.4. The average molecular weight is 800 g/mol. The number of hydrogen-bond acceptors (Lipinski definition) is 11. The first kappa shape index (κ1) is 41.0. The van der Waals surface area contributed by atoms with Crippen LogP contribution in [0, 0.1) is 23.7 Å². The van der Waals surface area contributed by atoms with Crippen molar-refractivity contribution in [3.63, 3.8) is 0 Å². The molecule has 2 aliphatic carbocycles. The second-order valence-electron chi connectivity index (χ2n) is 17.4. The average Bonchev–Trinajstić information content (AvgIpc) is 3.82. The maximum atomic E-state index is 15.4. The Balaban J connectivity index is 1.37. The van der Waals surface area contributed by atoms with E-state index in [1.54, 1.807) is 19.1 Å². The molecular formula is C46H57NO11. The van der Waals surface area contributed by atoms with Crippen LogP contribution in [0.4, 0.5) is 4.79 Å². The molecule has 0 radical (unpaired) electrons. The maximum Gasteiger partial charge on any atom is 0.411 e. The van der Waals surface area contributed by atoms with Crippen LogP contribution >= 0.6 is 0 Å². The summed E-state index contributed by atoms with van der Waals surface area (Å²) < 4.78 is 47.6. The normalized spacial score (nSPS) is 25.2. The smallest absolute Gasteiger partial charge is 0.411 e. The van der Waals surface area contributed by atoms with Crippen molar-refractivity contribution < 1.29 is 52.3 Å². The Hall–Kier alpha value is -5.13. The van der Waals surface area contributed by atoms with Gasteiger partial charge >= 0.3 is 18.0 Å². The van der Waals surface area contributed by atoms with Gasteiger partial charge in [-0.25, -0.2) is 9.59 Å². The summed E-state index contributed by atoms with van der Waals surface area (Å²) in [6.45, 7) is 12.0. The van der Waals surface area contributed by atoms with Crippen molar-refractivity contribution in [2.45, 2.75) is 103 Å². The Labute approximate surface area is 341 Å². The third-order valence-corrected chi connectivity index (χ3v) is 12.5. The van der Waals surface area contributed by atoms with E-state index in [0.29, 0.717) is 58.6 Å². The quantitative estimate of drug-likeness (QED) is 0.137. The van der Waals surface area contributed by atoms with Gasteiger partial charge in [-0.15, -0.1) is 0 Å². The largest absolute Gasteiger partial charge is 0.493 e. The molecule has 5 atom stereocenters. The van der Waals surface area contributed by atoms with Crippen molar-refractivity contribution in [2.75, 3.05) is 34.7 Å². The Kier molecular flexibility index (Phi) is 11.5. The van der Waals surface area contributed by atoms with E-state index in [4.69, 9.17) is 37.9 Å². The molecule has 0 N–H and O–H groups in total. The summed E-state index contributed by atoms with van der Waals surface area (Å²) in [7, 11) is 4.62. The lowest BCUT2D eigenvalue weighted by atomic mass is 9.66. The Morgan fingerprint density at radius 2 is 1.50 bits per heavy atom. The van der Waals surface area contributed by atoms with Crippen LogP contribution in [0.5, 0.6) is 28.7 Å². The summed E-state index contributed by atoms with van der Waals surface area (Å²) in [6.07, 6.45) is 1.93. The van der Waals surface area contributed by atoms with Gasteiger partial charge in [0.2, 0.25) is 12.5 Å². The zero-order chi connectivity index (χ0) is 41.5. The highest BCUT2D eigenvalue weighted by Gasteiger charge is 2.56. The lowest BCUT2D eigenvalue weighted by Gasteiger charge is -2.52. The minimum Gasteiger partial charge on any atom is -0.493 e. The molecule has 2 heterocycles. The molecular weight excluding hydrogens is 743 g/mol. The number of hydrogen-bond donors (Lipinski definition) is 0. The summed E-state index contributed by atoms with van der Waals surface area (Å²) in [4.78, 5) is 45.9. The first-order valence-electron chi connectivity index (χ1n) is 20.4. The van der Waals surface area contributed by atoms with Crippen molar-refractivity contribution in [1.82, 2.24) is 4.90 Å². The predicted octanol–water partition coefficient (Wildman–Crippen LogP) is 8.41. The summed E-state index contributed by atoms with van der Waals surface area (Å²) in [5, 5.41) is 0. The van der Waals surface area contributed by atoms with Crippen LogP contribution in [0.15, 0.2) is 54.6 Å². The van der Waals surface area contributed by atoms with Gasteiger partial charge in [0.15, 0.2) is 23.0 Å². The third kappa shape index (κ3) is 7.62. The van der Waals surface area contributed by atoms with Crippen LogP contribution < -0.4 is 23.7 Å². The number of esters is 2. The fraction of sp³-hybridized carbons (Fsp3) is 0.543. The standard InChI is InChI=1S/C46H57NO11/c1-26(2)46(17-15-27(3)16-18-46)47(44(50)58-45(4,5)6)33(19-28-13-11-10-12-14-28)42(48)57-40-31-23-35-34(55-25-56-35)22-30(31)38(39-32(40)24-54-43(39)49)29-20-36(51-7)41(53-9)37(21-29)52-8/h10-14,20-23,26-27,32-33,38-40H,15-19,24-25H2,1-9H3/t27?,32?,33-,38-,39+,40+,46?/m1/s1. The van der Waals surface area contributed by atoms with Gasteiger partial charge in [-0.2, -0.15) is 0 Å². The van der Waals surface area contributed by atoms with Gasteiger partial charge in [0.25, 0.3) is 0 Å². The highest BCUT2D eigenvalue weighted by atomic mass is 16.7. The highest BCUT2D eigenvalue weighted by molar-refractivity contribution is 5.84. The van der Waals surface area contributed by atoms with Crippen LogP contribution in [0.25, 0.3) is 0 Å². The van der Waals surface area contributed by atoms with E-state index in [9.17, 15) is 9.59 Å². The molecule has 2 fully saturated rings. The van der Waals surface area contributed by atoms with Crippen LogP contribution in [0.2, 0.25) is 0 Å². The van der Waals surface area contributed by atoms with E-state index in [2.05, 4.69) is 20.8 Å². The van der Waals surface area contributed by atoms with E-state index in [1.165, 1.54) is 7.11 Å². The number of benzene rings is 3. The van der Waals surface area contributed by atoms with Gasteiger partial charge in [-0.1, -0.05) is 51.1 Å². The molecule has 0 aromatic heterocycles. The second-order valence-corrected chi connectivity index (χ2v) is 17.4. The lowest BCUT2D eigenvalue weighted by molar-refractivity contribution is -0.165. The Morgan fingerprint density at radius 3 is 2.07 bits per heavy atom. The molecule has 1 amide bonds. The van der Waals surface area contributed by atoms with Crippen LogP contribution in [0.3, 0.4) is 0 Å². The third-order valence-electron chi connectivity index (χ3n) is 12.5. The number of ether oxygens (including phenoxy) is 8. The summed E-state index contributed by atoms with van der Waals surface area (Å²) in [5.41, 5.74) is 1.45. The molecule has 312 valence electrons. The molecule has 1 saturated carbocycles. The van der Waals surface area contributed by atoms with Gasteiger partial charge in [-0.05, 0) is 99.2 Å². The Morgan fingerprint density at radius 1 is 0.879 bits per heavy atom. The molecule has 1 unspecified atom stereocenters. The minimum atomic E-state index is -1.06. The van der Waals surface area contributed by atoms with E-state index < -0.39 is 59.1 Å². The first-order chi connectivity index (χ1) is 27.7. The number of fused-ring (bicyclic) bond motifs is 3. The SMILES string of the molecule is COc1cc([C@@H]2c3cc4c(cc3[C@H](OC(=O)[C@@H](Cc3ccccc3)N(C(=O)OC(C)(C)C)C3(C(C)C)CCC(C)CC3)C3COC(=O)[C@@H]32)OCO4)cc(OC)c1OC. The first-order valence-corrected chi connectivity index (χ1v) is 20.4. The zero-order valence-corrected chi connectivity index (χ0v) is 35.1. The molecule has 1 saturated heterocycles. The van der Waals surface area contributed by atoms with E-state index >= 15 is 4.79 Å². The molecule has 58 heavy (non-hydrogen) atoms. The van der Waals surface area contributed by atoms with Gasteiger partial charge in [0.1, 0.15) is 17.7 Å². The molecule has 0 bridgehead atoms. The molecule has 4 aliphatic rings. The van der Waals surface area contributed by atoms with Crippen molar-refractivity contribution in [3.8, 4) is 28.7 Å². The van der Waals surface area contributed by atoms with Crippen LogP contribution in [-0.2, 0) is 30.2 Å². The molecule has 3 aromatic rings. The number of nitrogens with zero attached hydrogens (tertiary/aromatic N) is 1. The number of carbonyl (C=O) groups excluding carboxylic acids is 3. The van der Waals surface area contributed by atoms with Crippen molar-refractivity contribution in [1.29, 1.82) is 0 Å². The minimum absolute atomic E-state index is 0.00166. The van der Waals surface area contributed by atoms with Gasteiger partial charge in [-0.3, -0.25) is 9.69 Å². The number of carbonyl (C=O) groups is 3.